The van der Waals surface area contributed by atoms with Gasteiger partial charge in [-0.25, -0.2) is 4.98 Å². The fourth-order valence-electron chi connectivity index (χ4n) is 2.32. The van der Waals surface area contributed by atoms with Crippen molar-refractivity contribution in [3.05, 3.63) is 24.4 Å². The van der Waals surface area contributed by atoms with E-state index in [1.807, 2.05) is 18.2 Å². The van der Waals surface area contributed by atoms with E-state index in [0.717, 1.165) is 31.7 Å². The number of amides is 1. The number of piperidine rings is 1. The summed E-state index contributed by atoms with van der Waals surface area (Å²) in [5, 5.41) is 2.70. The molecule has 1 amide bonds. The van der Waals surface area contributed by atoms with Gasteiger partial charge in [0, 0.05) is 25.3 Å². The smallest absolute Gasteiger partial charge is 0.362 e. The Balaban J connectivity index is 1.68. The first-order valence-electron chi connectivity index (χ1n) is 7.04. The number of halogens is 3. The second kappa shape index (κ2) is 7.44. The van der Waals surface area contributed by atoms with Crippen LogP contribution >= 0.6 is 0 Å². The van der Waals surface area contributed by atoms with Crippen molar-refractivity contribution in [1.82, 2.24) is 10.3 Å². The third-order valence-corrected chi connectivity index (χ3v) is 3.33. The third-order valence-electron chi connectivity index (χ3n) is 3.33. The maximum absolute atomic E-state index is 11.9. The molecule has 0 unspecified atom stereocenters. The average molecular weight is 317 g/mol. The van der Waals surface area contributed by atoms with E-state index in [1.165, 1.54) is 0 Å². The second-order valence-electron chi connectivity index (χ2n) is 5.12. The summed E-state index contributed by atoms with van der Waals surface area (Å²) in [6.07, 6.45) is -1.24. The molecule has 0 aliphatic carbocycles. The minimum absolute atomic E-state index is 0.0399. The zero-order chi connectivity index (χ0) is 16.0. The van der Waals surface area contributed by atoms with Crippen LogP contribution in [0.15, 0.2) is 24.4 Å². The number of hydrogen-bond acceptors (Lipinski definition) is 4. The minimum atomic E-state index is -4.41. The average Bonchev–Trinajstić information content (AvgIpc) is 2.47. The fraction of sp³-hybridized carbons (Fsp3) is 0.571. The van der Waals surface area contributed by atoms with Crippen LogP contribution in [0.25, 0.3) is 0 Å². The Labute approximate surface area is 126 Å². The van der Waals surface area contributed by atoms with Gasteiger partial charge in [0.2, 0.25) is 5.91 Å². The zero-order valence-electron chi connectivity index (χ0n) is 12.0. The van der Waals surface area contributed by atoms with Gasteiger partial charge in [0.05, 0.1) is 0 Å². The van der Waals surface area contributed by atoms with Crippen molar-refractivity contribution >= 4 is 11.7 Å². The van der Waals surface area contributed by atoms with Gasteiger partial charge in [-0.15, -0.1) is 0 Å². The third kappa shape index (κ3) is 5.51. The number of carbonyl (C=O) groups excluding carboxylic acids is 1. The Kier molecular flexibility index (Phi) is 5.59. The molecule has 0 spiro atoms. The number of aromatic nitrogens is 1. The molecule has 0 bridgehead atoms. The first kappa shape index (κ1) is 16.5. The molecule has 1 aromatic rings. The lowest BCUT2D eigenvalue weighted by Crippen LogP contribution is -2.46. The number of carbonyl (C=O) groups is 1. The van der Waals surface area contributed by atoms with Gasteiger partial charge in [0.25, 0.3) is 0 Å². The van der Waals surface area contributed by atoms with Gasteiger partial charge >= 0.3 is 6.18 Å². The normalized spacial score (nSPS) is 16.6. The Morgan fingerprint density at radius 3 is 2.68 bits per heavy atom. The van der Waals surface area contributed by atoms with Crippen molar-refractivity contribution < 1.29 is 22.7 Å². The minimum Gasteiger partial charge on any atom is -0.362 e. The Morgan fingerprint density at radius 1 is 1.36 bits per heavy atom. The van der Waals surface area contributed by atoms with Crippen molar-refractivity contribution in [2.75, 3.05) is 31.2 Å². The molecule has 0 atom stereocenters. The van der Waals surface area contributed by atoms with E-state index in [1.54, 1.807) is 6.20 Å². The number of ether oxygens (including phenoxy) is 1. The quantitative estimate of drug-likeness (QED) is 0.899. The molecule has 1 N–H and O–H groups in total. The van der Waals surface area contributed by atoms with Crippen molar-refractivity contribution in [2.45, 2.75) is 25.1 Å². The summed E-state index contributed by atoms with van der Waals surface area (Å²) >= 11 is 0. The number of pyridine rings is 1. The first-order chi connectivity index (χ1) is 10.4. The molecule has 8 heteroatoms. The molecular formula is C14H18F3N3O2. The van der Waals surface area contributed by atoms with Crippen molar-refractivity contribution in [3.63, 3.8) is 0 Å². The molecule has 2 rings (SSSR count). The molecule has 2 heterocycles. The van der Waals surface area contributed by atoms with E-state index in [9.17, 15) is 18.0 Å². The van der Waals surface area contributed by atoms with Gasteiger partial charge in [-0.05, 0) is 25.0 Å². The van der Waals surface area contributed by atoms with E-state index in [2.05, 4.69) is 19.9 Å². The number of alkyl halides is 3. The fourth-order valence-corrected chi connectivity index (χ4v) is 2.32. The maximum atomic E-state index is 11.9. The van der Waals surface area contributed by atoms with Crippen LogP contribution in [0.3, 0.4) is 0 Å². The molecule has 0 radical (unpaired) electrons. The molecule has 22 heavy (non-hydrogen) atoms. The van der Waals surface area contributed by atoms with Crippen LogP contribution in [0.5, 0.6) is 0 Å². The van der Waals surface area contributed by atoms with E-state index < -0.39 is 25.3 Å². The molecule has 0 aromatic carbocycles. The van der Waals surface area contributed by atoms with Crippen LogP contribution < -0.4 is 10.2 Å². The van der Waals surface area contributed by atoms with Gasteiger partial charge in [0.15, 0.2) is 0 Å². The SMILES string of the molecule is O=C(COCC(F)(F)F)NC1CCN(c2ccccn2)CC1. The molecule has 122 valence electrons. The van der Waals surface area contributed by atoms with Crippen LogP contribution in [0, 0.1) is 0 Å². The zero-order valence-corrected chi connectivity index (χ0v) is 12.0. The lowest BCUT2D eigenvalue weighted by atomic mass is 10.1. The summed E-state index contributed by atoms with van der Waals surface area (Å²) in [4.78, 5) is 17.9. The van der Waals surface area contributed by atoms with Gasteiger partial charge < -0.3 is 15.0 Å². The van der Waals surface area contributed by atoms with Crippen LogP contribution in [0.2, 0.25) is 0 Å². The predicted molar refractivity (Wildman–Crippen MR) is 74.5 cm³/mol. The lowest BCUT2D eigenvalue weighted by molar-refractivity contribution is -0.175. The monoisotopic (exact) mass is 317 g/mol. The standard InChI is InChI=1S/C14H18F3N3O2/c15-14(16,17)10-22-9-13(21)19-11-4-7-20(8-5-11)12-3-1-2-6-18-12/h1-3,6,11H,4-5,7-10H2,(H,19,21). The molecule has 1 aromatic heterocycles. The first-order valence-corrected chi connectivity index (χ1v) is 7.04. The van der Waals surface area contributed by atoms with Gasteiger partial charge in [0.1, 0.15) is 19.0 Å². The molecule has 1 aliphatic heterocycles. The molecule has 1 saturated heterocycles. The van der Waals surface area contributed by atoms with Crippen molar-refractivity contribution in [1.29, 1.82) is 0 Å². The highest BCUT2D eigenvalue weighted by Crippen LogP contribution is 2.17. The van der Waals surface area contributed by atoms with Crippen molar-refractivity contribution in [3.8, 4) is 0 Å². The Hall–Kier alpha value is -1.83. The number of rotatable bonds is 5. The highest BCUT2D eigenvalue weighted by Gasteiger charge is 2.28. The number of nitrogens with one attached hydrogen (secondary N) is 1. The lowest BCUT2D eigenvalue weighted by Gasteiger charge is -2.33. The van der Waals surface area contributed by atoms with Crippen LogP contribution in [-0.2, 0) is 9.53 Å². The van der Waals surface area contributed by atoms with Crippen LogP contribution in [-0.4, -0.2) is 49.4 Å². The topological polar surface area (TPSA) is 54.5 Å². The highest BCUT2D eigenvalue weighted by molar-refractivity contribution is 5.77. The number of anilines is 1. The van der Waals surface area contributed by atoms with Gasteiger partial charge in [-0.2, -0.15) is 13.2 Å². The summed E-state index contributed by atoms with van der Waals surface area (Å²) in [5.74, 6) is 0.376. The van der Waals surface area contributed by atoms with Gasteiger partial charge in [-0.1, -0.05) is 6.07 Å². The second-order valence-corrected chi connectivity index (χ2v) is 5.12. The summed E-state index contributed by atoms with van der Waals surface area (Å²) in [6.45, 7) is -0.491. The summed E-state index contributed by atoms with van der Waals surface area (Å²) in [7, 11) is 0. The number of nitrogens with zero attached hydrogens (tertiary/aromatic N) is 2. The predicted octanol–water partition coefficient (Wildman–Crippen LogP) is 1.75. The number of hydrogen-bond donors (Lipinski definition) is 1. The highest BCUT2D eigenvalue weighted by atomic mass is 19.4. The molecular weight excluding hydrogens is 299 g/mol. The largest absolute Gasteiger partial charge is 0.411 e. The van der Waals surface area contributed by atoms with Gasteiger partial charge in [-0.3, -0.25) is 4.79 Å². The molecule has 5 nitrogen and oxygen atoms in total. The van der Waals surface area contributed by atoms with E-state index in [4.69, 9.17) is 0 Å². The van der Waals surface area contributed by atoms with E-state index in [0.29, 0.717) is 0 Å². The molecule has 0 saturated carbocycles. The van der Waals surface area contributed by atoms with Crippen LogP contribution in [0.4, 0.5) is 19.0 Å². The summed E-state index contributed by atoms with van der Waals surface area (Å²) < 4.78 is 40.0. The Bertz CT molecular complexity index is 474. The Morgan fingerprint density at radius 2 is 2.09 bits per heavy atom. The molecule has 1 aliphatic rings. The van der Waals surface area contributed by atoms with Crippen molar-refractivity contribution in [2.24, 2.45) is 0 Å². The summed E-state index contributed by atoms with van der Waals surface area (Å²) in [6, 6.07) is 5.64. The van der Waals surface area contributed by atoms with Crippen LogP contribution in [0.1, 0.15) is 12.8 Å². The van der Waals surface area contributed by atoms with E-state index in [-0.39, 0.29) is 6.04 Å². The summed E-state index contributed by atoms with van der Waals surface area (Å²) in [5.41, 5.74) is 0. The maximum Gasteiger partial charge on any atom is 0.411 e. The van der Waals surface area contributed by atoms with E-state index >= 15 is 0 Å². The molecule has 1 fully saturated rings.